The van der Waals surface area contributed by atoms with Gasteiger partial charge in [-0.05, 0) is 30.8 Å². The molecule has 1 nitrogen and oxygen atoms in total. The fraction of sp³-hybridized carbons (Fsp3) is 0.750. The number of rotatable bonds is 2. The minimum atomic E-state index is 0.0903. The zero-order chi connectivity index (χ0) is 7.45. The van der Waals surface area contributed by atoms with E-state index in [1.807, 2.05) is 17.8 Å². The molecule has 58 valence electrons. The summed E-state index contributed by atoms with van der Waals surface area (Å²) in [6, 6.07) is 0. The Balaban J connectivity index is 2.39. The van der Waals surface area contributed by atoms with E-state index in [1.54, 1.807) is 0 Å². The maximum atomic E-state index is 6.08. The molecule has 0 saturated carbocycles. The molecular formula is C8H15NS. The first-order valence-corrected chi connectivity index (χ1v) is 4.90. The fourth-order valence-corrected chi connectivity index (χ4v) is 2.58. The lowest BCUT2D eigenvalue weighted by Gasteiger charge is -2.31. The van der Waals surface area contributed by atoms with Crippen LogP contribution >= 0.6 is 11.8 Å². The minimum absolute atomic E-state index is 0.0903. The molecule has 0 amide bonds. The Morgan fingerprint density at radius 1 is 1.50 bits per heavy atom. The monoisotopic (exact) mass is 157 g/mol. The van der Waals surface area contributed by atoms with Crippen molar-refractivity contribution in [1.82, 2.24) is 0 Å². The molecule has 1 saturated heterocycles. The predicted octanol–water partition coefficient (Wildman–Crippen LogP) is 1.79. The second-order valence-corrected chi connectivity index (χ2v) is 4.19. The smallest absolute Gasteiger partial charge is 0.0204 e. The van der Waals surface area contributed by atoms with Crippen LogP contribution in [-0.4, -0.2) is 17.0 Å². The second-order valence-electron chi connectivity index (χ2n) is 2.97. The largest absolute Gasteiger partial charge is 0.325 e. The SMILES string of the molecule is C=CCC1(N)CCSCC1. The van der Waals surface area contributed by atoms with Crippen molar-refractivity contribution >= 4 is 11.8 Å². The van der Waals surface area contributed by atoms with Gasteiger partial charge in [-0.2, -0.15) is 11.8 Å². The average Bonchev–Trinajstić information content (AvgIpc) is 1.89. The van der Waals surface area contributed by atoms with Gasteiger partial charge < -0.3 is 5.73 Å². The molecule has 1 aliphatic rings. The summed E-state index contributed by atoms with van der Waals surface area (Å²) in [6.45, 7) is 3.71. The van der Waals surface area contributed by atoms with Gasteiger partial charge >= 0.3 is 0 Å². The third-order valence-corrected chi connectivity index (χ3v) is 3.03. The molecule has 0 aromatic carbocycles. The van der Waals surface area contributed by atoms with Gasteiger partial charge in [0.1, 0.15) is 0 Å². The molecule has 10 heavy (non-hydrogen) atoms. The lowest BCUT2D eigenvalue weighted by atomic mass is 9.90. The highest BCUT2D eigenvalue weighted by atomic mass is 32.2. The van der Waals surface area contributed by atoms with Crippen molar-refractivity contribution < 1.29 is 0 Å². The van der Waals surface area contributed by atoms with Crippen molar-refractivity contribution in [3.63, 3.8) is 0 Å². The molecule has 1 rings (SSSR count). The van der Waals surface area contributed by atoms with Crippen LogP contribution in [0.1, 0.15) is 19.3 Å². The first kappa shape index (κ1) is 8.15. The van der Waals surface area contributed by atoms with Crippen molar-refractivity contribution in [1.29, 1.82) is 0 Å². The van der Waals surface area contributed by atoms with Crippen LogP contribution in [0.5, 0.6) is 0 Å². The highest BCUT2D eigenvalue weighted by molar-refractivity contribution is 7.99. The van der Waals surface area contributed by atoms with Gasteiger partial charge in [-0.3, -0.25) is 0 Å². The van der Waals surface area contributed by atoms with Crippen LogP contribution in [0.15, 0.2) is 12.7 Å². The van der Waals surface area contributed by atoms with Gasteiger partial charge in [0, 0.05) is 5.54 Å². The molecular weight excluding hydrogens is 142 g/mol. The lowest BCUT2D eigenvalue weighted by Crippen LogP contribution is -2.42. The third-order valence-electron chi connectivity index (χ3n) is 2.04. The van der Waals surface area contributed by atoms with Gasteiger partial charge in [0.2, 0.25) is 0 Å². The van der Waals surface area contributed by atoms with Crippen LogP contribution in [0.4, 0.5) is 0 Å². The summed E-state index contributed by atoms with van der Waals surface area (Å²) in [5, 5.41) is 0. The van der Waals surface area contributed by atoms with Crippen molar-refractivity contribution in [2.24, 2.45) is 5.73 Å². The van der Waals surface area contributed by atoms with E-state index >= 15 is 0 Å². The van der Waals surface area contributed by atoms with Crippen LogP contribution in [-0.2, 0) is 0 Å². The minimum Gasteiger partial charge on any atom is -0.325 e. The van der Waals surface area contributed by atoms with E-state index in [9.17, 15) is 0 Å². The Kier molecular flexibility index (Phi) is 2.81. The zero-order valence-corrected chi connectivity index (χ0v) is 7.12. The van der Waals surface area contributed by atoms with Gasteiger partial charge in [-0.1, -0.05) is 6.08 Å². The van der Waals surface area contributed by atoms with Crippen LogP contribution in [0.25, 0.3) is 0 Å². The summed E-state index contributed by atoms with van der Waals surface area (Å²) < 4.78 is 0. The first-order chi connectivity index (χ1) is 4.77. The molecule has 2 heteroatoms. The standard InChI is InChI=1S/C8H15NS/c1-2-3-8(9)4-6-10-7-5-8/h2H,1,3-7,9H2. The Morgan fingerprint density at radius 3 is 2.60 bits per heavy atom. The summed E-state index contributed by atoms with van der Waals surface area (Å²) in [5.74, 6) is 2.45. The molecule has 0 aromatic heterocycles. The molecule has 1 aliphatic heterocycles. The second kappa shape index (κ2) is 3.44. The molecule has 0 atom stereocenters. The fourth-order valence-electron chi connectivity index (χ4n) is 1.27. The van der Waals surface area contributed by atoms with E-state index in [0.29, 0.717) is 0 Å². The Morgan fingerprint density at radius 2 is 2.10 bits per heavy atom. The summed E-state index contributed by atoms with van der Waals surface area (Å²) in [4.78, 5) is 0. The molecule has 0 bridgehead atoms. The summed E-state index contributed by atoms with van der Waals surface area (Å²) in [5.41, 5.74) is 6.18. The topological polar surface area (TPSA) is 26.0 Å². The van der Waals surface area contributed by atoms with Crippen molar-refractivity contribution in [3.8, 4) is 0 Å². The van der Waals surface area contributed by atoms with E-state index in [1.165, 1.54) is 11.5 Å². The predicted molar refractivity (Wildman–Crippen MR) is 48.3 cm³/mol. The van der Waals surface area contributed by atoms with E-state index < -0.39 is 0 Å². The Bertz CT molecular complexity index is 116. The maximum Gasteiger partial charge on any atom is 0.0204 e. The molecule has 0 aromatic rings. The molecule has 1 fully saturated rings. The van der Waals surface area contributed by atoms with E-state index in [4.69, 9.17) is 5.73 Å². The van der Waals surface area contributed by atoms with E-state index in [-0.39, 0.29) is 5.54 Å². The molecule has 2 N–H and O–H groups in total. The summed E-state index contributed by atoms with van der Waals surface area (Å²) >= 11 is 2.01. The van der Waals surface area contributed by atoms with Gasteiger partial charge in [0.05, 0.1) is 0 Å². The average molecular weight is 157 g/mol. The lowest BCUT2D eigenvalue weighted by molar-refractivity contribution is 0.399. The highest BCUT2D eigenvalue weighted by Crippen LogP contribution is 2.27. The van der Waals surface area contributed by atoms with E-state index in [2.05, 4.69) is 6.58 Å². The molecule has 0 aliphatic carbocycles. The molecule has 0 radical (unpaired) electrons. The van der Waals surface area contributed by atoms with Crippen molar-refractivity contribution in [2.45, 2.75) is 24.8 Å². The van der Waals surface area contributed by atoms with Gasteiger partial charge in [-0.15, -0.1) is 6.58 Å². The summed E-state index contributed by atoms with van der Waals surface area (Å²) in [7, 11) is 0. The highest BCUT2D eigenvalue weighted by Gasteiger charge is 2.25. The van der Waals surface area contributed by atoms with Gasteiger partial charge in [0.25, 0.3) is 0 Å². The molecule has 0 unspecified atom stereocenters. The van der Waals surface area contributed by atoms with Crippen LogP contribution in [0, 0.1) is 0 Å². The zero-order valence-electron chi connectivity index (χ0n) is 6.31. The van der Waals surface area contributed by atoms with Gasteiger partial charge in [-0.25, -0.2) is 0 Å². The van der Waals surface area contributed by atoms with Crippen LogP contribution in [0.3, 0.4) is 0 Å². The molecule has 0 spiro atoms. The normalized spacial score (nSPS) is 24.1. The quantitative estimate of drug-likeness (QED) is 0.618. The van der Waals surface area contributed by atoms with Gasteiger partial charge in [0.15, 0.2) is 0 Å². The third kappa shape index (κ3) is 2.03. The van der Waals surface area contributed by atoms with Crippen molar-refractivity contribution in [2.75, 3.05) is 11.5 Å². The number of thioether (sulfide) groups is 1. The maximum absolute atomic E-state index is 6.08. The van der Waals surface area contributed by atoms with E-state index in [0.717, 1.165) is 19.3 Å². The molecule has 1 heterocycles. The Hall–Kier alpha value is 0.0500. The summed E-state index contributed by atoms with van der Waals surface area (Å²) in [6.07, 6.45) is 5.23. The van der Waals surface area contributed by atoms with Crippen LogP contribution < -0.4 is 5.73 Å². The number of hydrogen-bond donors (Lipinski definition) is 1. The first-order valence-electron chi connectivity index (χ1n) is 3.74. The number of hydrogen-bond acceptors (Lipinski definition) is 2. The number of nitrogens with two attached hydrogens (primary N) is 1. The van der Waals surface area contributed by atoms with Crippen LogP contribution in [0.2, 0.25) is 0 Å². The van der Waals surface area contributed by atoms with Crippen molar-refractivity contribution in [3.05, 3.63) is 12.7 Å². The Labute approximate surface area is 67.1 Å².